The third-order valence-electron chi connectivity index (χ3n) is 14.1. The molecule has 3 unspecified atom stereocenters. The van der Waals surface area contributed by atoms with E-state index >= 15 is 0 Å². The number of hydrogen-bond acceptors (Lipinski definition) is 14. The number of ether oxygens (including phenoxy) is 10. The predicted octanol–water partition coefficient (Wildman–Crippen LogP) is 2.21. The minimum absolute atomic E-state index is 0.0288. The Balaban J connectivity index is 1.22. The summed E-state index contributed by atoms with van der Waals surface area (Å²) in [7, 11) is 3.15. The van der Waals surface area contributed by atoms with Crippen LogP contribution < -0.4 is 0 Å². The van der Waals surface area contributed by atoms with Gasteiger partial charge in [0, 0.05) is 38.4 Å². The Kier molecular flexibility index (Phi) is 10.3. The van der Waals surface area contributed by atoms with Gasteiger partial charge in [-0.25, -0.2) is 0 Å². The van der Waals surface area contributed by atoms with E-state index in [1.165, 1.54) is 0 Å². The van der Waals surface area contributed by atoms with Gasteiger partial charge in [0.25, 0.3) is 0 Å². The Hall–Kier alpha value is -0.560. The smallest absolute Gasteiger partial charge is 0.187 e. The summed E-state index contributed by atoms with van der Waals surface area (Å²) in [4.78, 5) is 0. The molecule has 7 rings (SSSR count). The summed E-state index contributed by atoms with van der Waals surface area (Å²) in [5, 5.41) is 47.0. The molecule has 3 saturated heterocycles. The second-order valence-corrected chi connectivity index (χ2v) is 17.6. The van der Waals surface area contributed by atoms with Gasteiger partial charge in [-0.15, -0.1) is 0 Å². The summed E-state index contributed by atoms with van der Waals surface area (Å²) in [6.45, 7) is 11.4. The maximum absolute atomic E-state index is 13.1. The number of aliphatic hydroxyl groups is 4. The number of methoxy groups -OCH3 is 2. The Bertz CT molecular complexity index is 1250. The maximum Gasteiger partial charge on any atom is 0.187 e. The van der Waals surface area contributed by atoms with Crippen molar-refractivity contribution in [2.45, 2.75) is 164 Å². The first-order chi connectivity index (χ1) is 24.0. The van der Waals surface area contributed by atoms with Gasteiger partial charge in [0.15, 0.2) is 17.9 Å². The Labute approximate surface area is 301 Å². The van der Waals surface area contributed by atoms with E-state index < -0.39 is 82.6 Å². The monoisotopic (exact) mass is 730 g/mol. The third-order valence-corrected chi connectivity index (χ3v) is 14.1. The molecule has 0 amide bonds. The zero-order valence-electron chi connectivity index (χ0n) is 31.6. The molecule has 4 saturated carbocycles. The fourth-order valence-electron chi connectivity index (χ4n) is 12.0. The summed E-state index contributed by atoms with van der Waals surface area (Å²) >= 11 is 0. The molecule has 7 aliphatic rings. The largest absolute Gasteiger partial charge is 0.394 e. The average molecular weight is 731 g/mol. The highest BCUT2D eigenvalue weighted by Gasteiger charge is 2.77. The van der Waals surface area contributed by atoms with Crippen LogP contribution >= 0.6 is 0 Å². The van der Waals surface area contributed by atoms with Gasteiger partial charge in [0.05, 0.1) is 60.4 Å². The molecule has 14 heteroatoms. The predicted molar refractivity (Wildman–Crippen MR) is 178 cm³/mol. The zero-order chi connectivity index (χ0) is 36.8. The molecule has 1 spiro atoms. The minimum Gasteiger partial charge on any atom is -0.394 e. The molecule has 294 valence electrons. The van der Waals surface area contributed by atoms with Gasteiger partial charge in [-0.3, -0.25) is 0 Å². The van der Waals surface area contributed by atoms with Gasteiger partial charge >= 0.3 is 0 Å². The van der Waals surface area contributed by atoms with Crippen molar-refractivity contribution in [2.75, 3.05) is 41.0 Å². The van der Waals surface area contributed by atoms with Gasteiger partial charge in [0.1, 0.15) is 31.9 Å². The van der Waals surface area contributed by atoms with Crippen LogP contribution in [0.25, 0.3) is 0 Å². The lowest BCUT2D eigenvalue weighted by Crippen LogP contribution is -2.78. The third kappa shape index (κ3) is 6.07. The van der Waals surface area contributed by atoms with Crippen molar-refractivity contribution < 1.29 is 67.8 Å². The lowest BCUT2D eigenvalue weighted by molar-refractivity contribution is -0.410. The number of fused-ring (bicyclic) bond motifs is 4. The summed E-state index contributed by atoms with van der Waals surface area (Å²) < 4.78 is 62.4. The second kappa shape index (κ2) is 13.6. The fourth-order valence-corrected chi connectivity index (χ4v) is 12.0. The molecule has 0 aromatic rings. The van der Waals surface area contributed by atoms with Crippen molar-refractivity contribution >= 4 is 0 Å². The van der Waals surface area contributed by atoms with Crippen LogP contribution in [-0.4, -0.2) is 139 Å². The Morgan fingerprint density at radius 2 is 1.57 bits per heavy atom. The van der Waals surface area contributed by atoms with Crippen LogP contribution in [0.4, 0.5) is 0 Å². The standard InChI is InChI=1S/C37H62O14/c1-20-28(45-19-43-8)29-30(51-33(4,5)50-29)31(47-20)48-21-13-26-36(17-46-32(2,3)49-26)27-23(9-11-35(36,40)14-21)37(41)12-10-22(24(39)16-38)34(37,6)15-25(27)44-18-42-7/h20-31,38-41H,9-19H2,1-8H3/t20-,21-,22+,23?,24?,25+,26+,27?,28-,29+,30+,31-,34+,35-,36+,37-/m0/s1. The topological polar surface area (TPSA) is 173 Å². The van der Waals surface area contributed by atoms with E-state index in [9.17, 15) is 20.4 Å². The van der Waals surface area contributed by atoms with E-state index in [1.807, 2.05) is 41.5 Å². The van der Waals surface area contributed by atoms with E-state index in [0.29, 0.717) is 38.5 Å². The van der Waals surface area contributed by atoms with Gasteiger partial charge in [-0.2, -0.15) is 0 Å². The molecule has 0 radical (unpaired) electrons. The Morgan fingerprint density at radius 1 is 0.863 bits per heavy atom. The Morgan fingerprint density at radius 3 is 2.27 bits per heavy atom. The zero-order valence-corrected chi connectivity index (χ0v) is 31.6. The quantitative estimate of drug-likeness (QED) is 0.190. The summed E-state index contributed by atoms with van der Waals surface area (Å²) in [6.07, 6.45) is -1.94. The van der Waals surface area contributed by atoms with Crippen LogP contribution in [-0.2, 0) is 47.4 Å². The normalized spacial score (nSPS) is 51.9. The van der Waals surface area contributed by atoms with E-state index in [1.54, 1.807) is 14.2 Å². The molecule has 7 fully saturated rings. The highest BCUT2D eigenvalue weighted by Crippen LogP contribution is 2.72. The number of aliphatic hydroxyl groups excluding tert-OH is 2. The van der Waals surface area contributed by atoms with Crippen molar-refractivity contribution in [1.29, 1.82) is 0 Å². The van der Waals surface area contributed by atoms with Crippen LogP contribution in [0.15, 0.2) is 0 Å². The van der Waals surface area contributed by atoms with Crippen molar-refractivity contribution in [3.05, 3.63) is 0 Å². The van der Waals surface area contributed by atoms with Crippen LogP contribution in [0.1, 0.15) is 86.5 Å². The molecule has 0 bridgehead atoms. The number of rotatable bonds is 10. The summed E-state index contributed by atoms with van der Waals surface area (Å²) in [5.41, 5.74) is -4.16. The lowest BCUT2D eigenvalue weighted by Gasteiger charge is -2.71. The van der Waals surface area contributed by atoms with Crippen molar-refractivity contribution in [2.24, 2.45) is 28.6 Å². The molecule has 4 N–H and O–H groups in total. The van der Waals surface area contributed by atoms with Crippen molar-refractivity contribution in [1.82, 2.24) is 0 Å². The van der Waals surface area contributed by atoms with Crippen LogP contribution in [0, 0.1) is 28.6 Å². The molecule has 0 aromatic carbocycles. The minimum atomic E-state index is -1.31. The van der Waals surface area contributed by atoms with Crippen LogP contribution in [0.5, 0.6) is 0 Å². The van der Waals surface area contributed by atoms with Crippen molar-refractivity contribution in [3.8, 4) is 0 Å². The van der Waals surface area contributed by atoms with Gasteiger partial charge < -0.3 is 67.8 Å². The number of hydrogen-bond donors (Lipinski definition) is 4. The van der Waals surface area contributed by atoms with E-state index in [-0.39, 0.29) is 57.1 Å². The average Bonchev–Trinajstić information content (AvgIpc) is 3.53. The second-order valence-electron chi connectivity index (χ2n) is 17.6. The van der Waals surface area contributed by atoms with Crippen molar-refractivity contribution in [3.63, 3.8) is 0 Å². The van der Waals surface area contributed by atoms with E-state index in [0.717, 1.165) is 0 Å². The lowest BCUT2D eigenvalue weighted by atomic mass is 9.40. The SMILES string of the molecule is COCO[C@@H]1[C@H]2OC(C)(C)O[C@H]2[C@H](O[C@H]2C[C@H]3OC(C)(C)OC[C@]34C3C(CC[C@]4(O)C2)[C@@]2(O)CC[C@H](C(O)CO)[C@@]2(C)C[C@H]3OCOC)O[C@H]1C. The van der Waals surface area contributed by atoms with Gasteiger partial charge in [-0.05, 0) is 78.6 Å². The highest BCUT2D eigenvalue weighted by atomic mass is 16.8. The summed E-state index contributed by atoms with van der Waals surface area (Å²) in [5.74, 6) is -2.78. The molecular formula is C37H62O14. The van der Waals surface area contributed by atoms with Crippen LogP contribution in [0.2, 0.25) is 0 Å². The molecule has 3 aliphatic heterocycles. The molecule has 51 heavy (non-hydrogen) atoms. The fraction of sp³-hybridized carbons (Fsp3) is 1.00. The first kappa shape index (κ1) is 38.7. The first-order valence-corrected chi connectivity index (χ1v) is 18.9. The maximum atomic E-state index is 13.1. The van der Waals surface area contributed by atoms with Gasteiger partial charge in [0.2, 0.25) is 0 Å². The van der Waals surface area contributed by atoms with E-state index in [4.69, 9.17) is 47.4 Å². The molecule has 14 nitrogen and oxygen atoms in total. The molecule has 16 atom stereocenters. The molecule has 4 aliphatic carbocycles. The van der Waals surface area contributed by atoms with E-state index in [2.05, 4.69) is 0 Å². The first-order valence-electron chi connectivity index (χ1n) is 18.9. The highest BCUT2D eigenvalue weighted by molar-refractivity contribution is 5.25. The molecule has 0 aromatic heterocycles. The molecule has 3 heterocycles. The van der Waals surface area contributed by atoms with Gasteiger partial charge in [-0.1, -0.05) is 6.92 Å². The molecular weight excluding hydrogens is 668 g/mol. The van der Waals surface area contributed by atoms with Crippen LogP contribution in [0.3, 0.4) is 0 Å². The summed E-state index contributed by atoms with van der Waals surface area (Å²) in [6, 6.07) is 0.